The SMILES string of the molecule is COc1ccc(C(=O)NCC(=O)c2ccc(OC)c(-c3csc4ccccc34)n2)cc1OC. The van der Waals surface area contributed by atoms with E-state index < -0.39 is 5.91 Å². The third-order valence-electron chi connectivity index (χ3n) is 5.16. The lowest BCUT2D eigenvalue weighted by Gasteiger charge is -2.11. The van der Waals surface area contributed by atoms with E-state index in [0.717, 1.165) is 15.6 Å². The predicted octanol–water partition coefficient (Wildman–Crippen LogP) is 4.60. The van der Waals surface area contributed by atoms with Gasteiger partial charge in [0.25, 0.3) is 5.91 Å². The number of aromatic nitrogens is 1. The molecule has 0 saturated carbocycles. The number of nitrogens with one attached hydrogen (secondary N) is 1. The molecular formula is C25H22N2O5S. The highest BCUT2D eigenvalue weighted by atomic mass is 32.1. The fourth-order valence-corrected chi connectivity index (χ4v) is 4.40. The quantitative estimate of drug-likeness (QED) is 0.385. The number of Topliss-reactive ketones (excluding diaryl/α,β-unsaturated/α-hetero) is 1. The Balaban J connectivity index is 1.54. The van der Waals surface area contributed by atoms with Gasteiger partial charge in [-0.2, -0.15) is 0 Å². The number of rotatable bonds is 8. The van der Waals surface area contributed by atoms with Crippen molar-refractivity contribution in [3.05, 3.63) is 71.2 Å². The van der Waals surface area contributed by atoms with Crippen LogP contribution < -0.4 is 19.5 Å². The third kappa shape index (κ3) is 4.51. The number of hydrogen-bond acceptors (Lipinski definition) is 7. The number of fused-ring (bicyclic) bond motifs is 1. The summed E-state index contributed by atoms with van der Waals surface area (Å²) in [6, 6.07) is 16.1. The summed E-state index contributed by atoms with van der Waals surface area (Å²) in [7, 11) is 4.58. The van der Waals surface area contributed by atoms with E-state index in [-0.39, 0.29) is 18.0 Å². The molecule has 0 unspecified atom stereocenters. The van der Waals surface area contributed by atoms with Gasteiger partial charge in [0, 0.05) is 26.6 Å². The maximum Gasteiger partial charge on any atom is 0.251 e. The van der Waals surface area contributed by atoms with Gasteiger partial charge in [0.05, 0.1) is 27.9 Å². The zero-order valence-electron chi connectivity index (χ0n) is 18.4. The lowest BCUT2D eigenvalue weighted by Crippen LogP contribution is -2.30. The first-order chi connectivity index (χ1) is 16.0. The molecule has 0 fully saturated rings. The number of benzene rings is 2. The molecule has 2 aromatic heterocycles. The van der Waals surface area contributed by atoms with E-state index in [4.69, 9.17) is 14.2 Å². The molecule has 4 rings (SSSR count). The molecule has 0 aliphatic carbocycles. The highest BCUT2D eigenvalue weighted by Gasteiger charge is 2.18. The minimum absolute atomic E-state index is 0.198. The highest BCUT2D eigenvalue weighted by Crippen LogP contribution is 2.37. The van der Waals surface area contributed by atoms with Crippen LogP contribution in [0.4, 0.5) is 0 Å². The van der Waals surface area contributed by atoms with Gasteiger partial charge in [-0.05, 0) is 36.4 Å². The van der Waals surface area contributed by atoms with Gasteiger partial charge in [0.15, 0.2) is 17.3 Å². The van der Waals surface area contributed by atoms with Crippen LogP contribution in [0.2, 0.25) is 0 Å². The first-order valence-corrected chi connectivity index (χ1v) is 11.0. The van der Waals surface area contributed by atoms with E-state index in [1.165, 1.54) is 14.2 Å². The second kappa shape index (κ2) is 9.70. The van der Waals surface area contributed by atoms with Gasteiger partial charge in [0.1, 0.15) is 17.1 Å². The Labute approximate surface area is 194 Å². The minimum atomic E-state index is -0.401. The lowest BCUT2D eigenvalue weighted by atomic mass is 10.1. The number of ketones is 1. The molecule has 33 heavy (non-hydrogen) atoms. The number of pyridine rings is 1. The number of amides is 1. The van der Waals surface area contributed by atoms with Gasteiger partial charge >= 0.3 is 0 Å². The summed E-state index contributed by atoms with van der Waals surface area (Å²) in [5.41, 5.74) is 2.09. The molecule has 2 heterocycles. The molecule has 0 atom stereocenters. The molecule has 8 heteroatoms. The minimum Gasteiger partial charge on any atom is -0.494 e. The number of ether oxygens (including phenoxy) is 3. The Bertz CT molecular complexity index is 1330. The van der Waals surface area contributed by atoms with Crippen LogP contribution in [0.15, 0.2) is 60.0 Å². The monoisotopic (exact) mass is 462 g/mol. The second-order valence-corrected chi connectivity index (χ2v) is 7.98. The van der Waals surface area contributed by atoms with Crippen LogP contribution in [-0.4, -0.2) is 44.5 Å². The summed E-state index contributed by atoms with van der Waals surface area (Å²) in [6.07, 6.45) is 0. The highest BCUT2D eigenvalue weighted by molar-refractivity contribution is 7.17. The normalized spacial score (nSPS) is 10.6. The maximum atomic E-state index is 12.8. The van der Waals surface area contributed by atoms with E-state index in [0.29, 0.717) is 28.5 Å². The molecule has 1 N–H and O–H groups in total. The fraction of sp³-hybridized carbons (Fsp3) is 0.160. The van der Waals surface area contributed by atoms with Crippen molar-refractivity contribution in [2.75, 3.05) is 27.9 Å². The molecule has 0 aliphatic heterocycles. The number of nitrogens with zero attached hydrogens (tertiary/aromatic N) is 1. The standard InChI is InChI=1S/C25H22N2O5S/c1-30-20-10-8-15(12-22(20)32-3)25(29)26-13-19(28)18-9-11-21(31-2)24(27-18)17-14-33-23-7-5-4-6-16(17)23/h4-12,14H,13H2,1-3H3,(H,26,29). The maximum absolute atomic E-state index is 12.8. The van der Waals surface area contributed by atoms with Crippen LogP contribution in [0, 0.1) is 0 Å². The molecule has 7 nitrogen and oxygen atoms in total. The summed E-state index contributed by atoms with van der Waals surface area (Å²) in [5, 5.41) is 5.69. The zero-order chi connectivity index (χ0) is 23.4. The van der Waals surface area contributed by atoms with Crippen molar-refractivity contribution in [1.29, 1.82) is 0 Å². The van der Waals surface area contributed by atoms with Crippen molar-refractivity contribution in [1.82, 2.24) is 10.3 Å². The van der Waals surface area contributed by atoms with Gasteiger partial charge in [-0.1, -0.05) is 18.2 Å². The molecule has 168 valence electrons. The van der Waals surface area contributed by atoms with E-state index >= 15 is 0 Å². The predicted molar refractivity (Wildman–Crippen MR) is 128 cm³/mol. The number of thiophene rings is 1. The molecule has 4 aromatic rings. The second-order valence-electron chi connectivity index (χ2n) is 7.07. The number of hydrogen-bond donors (Lipinski definition) is 1. The van der Waals surface area contributed by atoms with Crippen molar-refractivity contribution >= 4 is 33.1 Å². The summed E-state index contributed by atoms with van der Waals surface area (Å²) >= 11 is 1.60. The molecule has 0 saturated heterocycles. The van der Waals surface area contributed by atoms with Gasteiger partial charge in [-0.15, -0.1) is 11.3 Å². The van der Waals surface area contributed by atoms with E-state index in [1.54, 1.807) is 48.8 Å². The Morgan fingerprint density at radius 2 is 1.64 bits per heavy atom. The number of carbonyl (C=O) groups excluding carboxylic acids is 2. The van der Waals surface area contributed by atoms with Crippen molar-refractivity contribution in [2.45, 2.75) is 0 Å². The molecule has 0 spiro atoms. The van der Waals surface area contributed by atoms with Crippen LogP contribution in [0.3, 0.4) is 0 Å². The smallest absolute Gasteiger partial charge is 0.251 e. The first-order valence-electron chi connectivity index (χ1n) is 10.1. The van der Waals surface area contributed by atoms with E-state index in [1.807, 2.05) is 29.6 Å². The Morgan fingerprint density at radius 3 is 2.39 bits per heavy atom. The van der Waals surface area contributed by atoms with Gasteiger partial charge in [-0.3, -0.25) is 9.59 Å². The number of carbonyl (C=O) groups is 2. The van der Waals surface area contributed by atoms with Gasteiger partial charge in [0.2, 0.25) is 0 Å². The average molecular weight is 463 g/mol. The van der Waals surface area contributed by atoms with E-state index in [9.17, 15) is 9.59 Å². The summed E-state index contributed by atoms with van der Waals surface area (Å²) in [4.78, 5) is 30.0. The third-order valence-corrected chi connectivity index (χ3v) is 6.12. The molecule has 0 radical (unpaired) electrons. The van der Waals surface area contributed by atoms with Crippen LogP contribution in [0.5, 0.6) is 17.2 Å². The molecular weight excluding hydrogens is 440 g/mol. The number of methoxy groups -OCH3 is 3. The van der Waals surface area contributed by atoms with Crippen molar-refractivity contribution in [3.8, 4) is 28.5 Å². The van der Waals surface area contributed by atoms with Crippen LogP contribution in [0.1, 0.15) is 20.8 Å². The van der Waals surface area contributed by atoms with Crippen LogP contribution in [0.25, 0.3) is 21.3 Å². The fourth-order valence-electron chi connectivity index (χ4n) is 3.45. The molecule has 1 amide bonds. The average Bonchev–Trinajstić information content (AvgIpc) is 3.30. The van der Waals surface area contributed by atoms with Crippen LogP contribution >= 0.6 is 11.3 Å². The Kier molecular flexibility index (Phi) is 6.55. The zero-order valence-corrected chi connectivity index (χ0v) is 19.2. The van der Waals surface area contributed by atoms with Gasteiger partial charge < -0.3 is 19.5 Å². The van der Waals surface area contributed by atoms with Crippen molar-refractivity contribution in [2.24, 2.45) is 0 Å². The van der Waals surface area contributed by atoms with Gasteiger partial charge in [-0.25, -0.2) is 4.98 Å². The molecule has 0 bridgehead atoms. The van der Waals surface area contributed by atoms with Crippen LogP contribution in [-0.2, 0) is 0 Å². The first kappa shape index (κ1) is 22.3. The molecule has 2 aromatic carbocycles. The summed E-state index contributed by atoms with van der Waals surface area (Å²) in [6.45, 7) is -0.198. The Hall–Kier alpha value is -3.91. The van der Waals surface area contributed by atoms with E-state index in [2.05, 4.69) is 10.3 Å². The summed E-state index contributed by atoms with van der Waals surface area (Å²) in [5.74, 6) is 0.806. The van der Waals surface area contributed by atoms with Crippen molar-refractivity contribution < 1.29 is 23.8 Å². The topological polar surface area (TPSA) is 86.8 Å². The largest absolute Gasteiger partial charge is 0.494 e. The molecule has 0 aliphatic rings. The van der Waals surface area contributed by atoms with Crippen molar-refractivity contribution in [3.63, 3.8) is 0 Å². The lowest BCUT2D eigenvalue weighted by molar-refractivity contribution is 0.0902. The Morgan fingerprint density at radius 1 is 0.909 bits per heavy atom. The summed E-state index contributed by atoms with van der Waals surface area (Å²) < 4.78 is 17.0.